The summed E-state index contributed by atoms with van der Waals surface area (Å²) in [7, 11) is 0. The van der Waals surface area contributed by atoms with E-state index >= 15 is 0 Å². The lowest BCUT2D eigenvalue weighted by atomic mass is 9.86. The lowest BCUT2D eigenvalue weighted by molar-refractivity contribution is 0.0254. The van der Waals surface area contributed by atoms with Crippen molar-refractivity contribution in [2.75, 3.05) is 5.75 Å². The van der Waals surface area contributed by atoms with Gasteiger partial charge in [-0.25, -0.2) is 0 Å². The number of hydrogen-bond donors (Lipinski definition) is 1. The summed E-state index contributed by atoms with van der Waals surface area (Å²) in [6, 6.07) is 10.1. The second-order valence-corrected chi connectivity index (χ2v) is 5.36. The number of benzene rings is 1. The Kier molecular flexibility index (Phi) is 2.84. The minimum Gasteiger partial charge on any atom is -0.384 e. The first-order chi connectivity index (χ1) is 6.73. The standard InChI is InChI=1S/C12H16OS/c1-10-12(13,8-5-9-14-10)11-6-3-2-4-7-11/h2-4,6-7,10,13H,5,8-9H2,1H3. The first kappa shape index (κ1) is 10.1. The van der Waals surface area contributed by atoms with Crippen LogP contribution in [0.4, 0.5) is 0 Å². The van der Waals surface area contributed by atoms with E-state index in [4.69, 9.17) is 0 Å². The van der Waals surface area contributed by atoms with Gasteiger partial charge in [0.15, 0.2) is 0 Å². The summed E-state index contributed by atoms with van der Waals surface area (Å²) in [6.45, 7) is 2.12. The summed E-state index contributed by atoms with van der Waals surface area (Å²) in [4.78, 5) is 0. The van der Waals surface area contributed by atoms with Crippen LogP contribution in [0.3, 0.4) is 0 Å². The summed E-state index contributed by atoms with van der Waals surface area (Å²) in [5, 5.41) is 10.9. The molecular weight excluding hydrogens is 192 g/mol. The van der Waals surface area contributed by atoms with Crippen molar-refractivity contribution >= 4 is 11.8 Å². The predicted molar refractivity (Wildman–Crippen MR) is 61.5 cm³/mol. The van der Waals surface area contributed by atoms with Crippen LogP contribution in [-0.4, -0.2) is 16.1 Å². The van der Waals surface area contributed by atoms with E-state index in [0.29, 0.717) is 5.25 Å². The highest BCUT2D eigenvalue weighted by atomic mass is 32.2. The maximum atomic E-state index is 10.6. The van der Waals surface area contributed by atoms with E-state index in [0.717, 1.165) is 18.4 Å². The van der Waals surface area contributed by atoms with Gasteiger partial charge in [0, 0.05) is 5.25 Å². The maximum absolute atomic E-state index is 10.6. The van der Waals surface area contributed by atoms with E-state index in [1.54, 1.807) is 0 Å². The van der Waals surface area contributed by atoms with Gasteiger partial charge in [0.1, 0.15) is 5.60 Å². The average Bonchev–Trinajstić information content (AvgIpc) is 2.24. The fourth-order valence-electron chi connectivity index (χ4n) is 2.05. The maximum Gasteiger partial charge on any atom is 0.101 e. The van der Waals surface area contributed by atoms with Crippen LogP contribution in [0.25, 0.3) is 0 Å². The van der Waals surface area contributed by atoms with Gasteiger partial charge in [0.2, 0.25) is 0 Å². The van der Waals surface area contributed by atoms with Gasteiger partial charge < -0.3 is 5.11 Å². The molecule has 0 aliphatic carbocycles. The molecule has 1 heterocycles. The van der Waals surface area contributed by atoms with E-state index in [-0.39, 0.29) is 0 Å². The molecule has 2 rings (SSSR count). The Morgan fingerprint density at radius 2 is 2.07 bits per heavy atom. The highest BCUT2D eigenvalue weighted by molar-refractivity contribution is 8.00. The quantitative estimate of drug-likeness (QED) is 0.766. The molecule has 1 aliphatic heterocycles. The minimum atomic E-state index is -0.607. The zero-order valence-corrected chi connectivity index (χ0v) is 9.26. The summed E-state index contributed by atoms with van der Waals surface area (Å²) >= 11 is 1.87. The van der Waals surface area contributed by atoms with Crippen molar-refractivity contribution in [2.24, 2.45) is 0 Å². The summed E-state index contributed by atoms with van der Waals surface area (Å²) in [5.74, 6) is 1.18. The molecule has 0 radical (unpaired) electrons. The first-order valence-electron chi connectivity index (χ1n) is 5.13. The number of thioether (sulfide) groups is 1. The van der Waals surface area contributed by atoms with E-state index in [9.17, 15) is 5.11 Å². The van der Waals surface area contributed by atoms with Crippen molar-refractivity contribution < 1.29 is 5.11 Å². The van der Waals surface area contributed by atoms with Gasteiger partial charge in [-0.1, -0.05) is 37.3 Å². The van der Waals surface area contributed by atoms with Crippen molar-refractivity contribution in [3.8, 4) is 0 Å². The van der Waals surface area contributed by atoms with Crippen LogP contribution in [0, 0.1) is 0 Å². The molecule has 14 heavy (non-hydrogen) atoms. The van der Waals surface area contributed by atoms with Gasteiger partial charge in [-0.3, -0.25) is 0 Å². The number of hydrogen-bond acceptors (Lipinski definition) is 2. The van der Waals surface area contributed by atoms with Gasteiger partial charge in [-0.15, -0.1) is 0 Å². The highest BCUT2D eigenvalue weighted by Gasteiger charge is 2.37. The van der Waals surface area contributed by atoms with Crippen LogP contribution in [0.5, 0.6) is 0 Å². The molecule has 1 N–H and O–H groups in total. The second-order valence-electron chi connectivity index (χ2n) is 3.91. The molecule has 1 aliphatic rings. The third-order valence-corrected chi connectivity index (χ3v) is 4.43. The molecule has 1 fully saturated rings. The molecule has 1 saturated heterocycles. The normalized spacial score (nSPS) is 32.9. The highest BCUT2D eigenvalue weighted by Crippen LogP contribution is 2.40. The minimum absolute atomic E-state index is 0.304. The van der Waals surface area contributed by atoms with Gasteiger partial charge in [0.25, 0.3) is 0 Å². The fourth-order valence-corrected chi connectivity index (χ4v) is 3.24. The van der Waals surface area contributed by atoms with E-state index in [1.165, 1.54) is 5.75 Å². The third kappa shape index (κ3) is 1.69. The fraction of sp³-hybridized carbons (Fsp3) is 0.500. The third-order valence-electron chi connectivity index (χ3n) is 3.02. The van der Waals surface area contributed by atoms with Crippen molar-refractivity contribution in [2.45, 2.75) is 30.6 Å². The van der Waals surface area contributed by atoms with Crippen LogP contribution in [0.15, 0.2) is 30.3 Å². The summed E-state index contributed by atoms with van der Waals surface area (Å²) in [6.07, 6.45) is 2.01. The Bertz CT molecular complexity index is 298. The van der Waals surface area contributed by atoms with Crippen molar-refractivity contribution in [3.63, 3.8) is 0 Å². The molecule has 0 spiro atoms. The Morgan fingerprint density at radius 3 is 2.71 bits per heavy atom. The predicted octanol–water partition coefficient (Wildman–Crippen LogP) is 2.79. The molecule has 2 heteroatoms. The van der Waals surface area contributed by atoms with Gasteiger partial charge >= 0.3 is 0 Å². The van der Waals surface area contributed by atoms with Gasteiger partial charge in [-0.05, 0) is 24.2 Å². The molecule has 0 amide bonds. The molecule has 0 bridgehead atoms. The second kappa shape index (κ2) is 3.95. The number of aliphatic hydroxyl groups is 1. The Morgan fingerprint density at radius 1 is 1.36 bits per heavy atom. The Balaban J connectivity index is 2.30. The monoisotopic (exact) mass is 208 g/mol. The van der Waals surface area contributed by atoms with Crippen LogP contribution in [0.2, 0.25) is 0 Å². The first-order valence-corrected chi connectivity index (χ1v) is 6.18. The molecule has 0 saturated carbocycles. The van der Waals surface area contributed by atoms with Gasteiger partial charge in [0.05, 0.1) is 0 Å². The zero-order chi connectivity index (χ0) is 10.0. The SMILES string of the molecule is CC1SCCCC1(O)c1ccccc1. The Hall–Kier alpha value is -0.470. The molecule has 76 valence electrons. The molecule has 1 aromatic rings. The molecular formula is C12H16OS. The van der Waals surface area contributed by atoms with Crippen molar-refractivity contribution in [1.29, 1.82) is 0 Å². The van der Waals surface area contributed by atoms with Crippen LogP contribution in [-0.2, 0) is 5.60 Å². The van der Waals surface area contributed by atoms with Crippen LogP contribution < -0.4 is 0 Å². The largest absolute Gasteiger partial charge is 0.384 e. The van der Waals surface area contributed by atoms with Crippen molar-refractivity contribution in [1.82, 2.24) is 0 Å². The van der Waals surface area contributed by atoms with E-state index in [1.807, 2.05) is 42.1 Å². The van der Waals surface area contributed by atoms with Crippen LogP contribution in [0.1, 0.15) is 25.3 Å². The smallest absolute Gasteiger partial charge is 0.101 e. The van der Waals surface area contributed by atoms with Crippen LogP contribution >= 0.6 is 11.8 Å². The Labute approximate surface area is 89.5 Å². The molecule has 2 unspecified atom stereocenters. The van der Waals surface area contributed by atoms with E-state index in [2.05, 4.69) is 6.92 Å². The number of rotatable bonds is 1. The van der Waals surface area contributed by atoms with Gasteiger partial charge in [-0.2, -0.15) is 11.8 Å². The molecule has 1 nitrogen and oxygen atoms in total. The molecule has 2 atom stereocenters. The lowest BCUT2D eigenvalue weighted by Gasteiger charge is -2.38. The summed E-state index contributed by atoms with van der Waals surface area (Å²) < 4.78 is 0. The molecule has 0 aromatic heterocycles. The van der Waals surface area contributed by atoms with Crippen molar-refractivity contribution in [3.05, 3.63) is 35.9 Å². The molecule has 1 aromatic carbocycles. The zero-order valence-electron chi connectivity index (χ0n) is 8.44. The topological polar surface area (TPSA) is 20.2 Å². The van der Waals surface area contributed by atoms with E-state index < -0.39 is 5.60 Å². The lowest BCUT2D eigenvalue weighted by Crippen LogP contribution is -2.38. The summed E-state index contributed by atoms with van der Waals surface area (Å²) in [5.41, 5.74) is 0.462. The average molecular weight is 208 g/mol.